The molecule has 0 aliphatic rings. The first-order valence-electron chi connectivity index (χ1n) is 7.39. The second-order valence-corrected chi connectivity index (χ2v) is 5.84. The van der Waals surface area contributed by atoms with E-state index in [-0.39, 0.29) is 24.9 Å². The summed E-state index contributed by atoms with van der Waals surface area (Å²) in [6.45, 7) is 6.23. The maximum Gasteiger partial charge on any atom is 0.326 e. The van der Waals surface area contributed by atoms with Crippen LogP contribution < -0.4 is 21.7 Å². The van der Waals surface area contributed by atoms with E-state index in [0.717, 1.165) is 0 Å². The molecule has 0 heterocycles. The van der Waals surface area contributed by atoms with Crippen molar-refractivity contribution in [3.63, 3.8) is 0 Å². The summed E-state index contributed by atoms with van der Waals surface area (Å²) in [5.74, 6) is -3.33. The molecule has 0 aromatic heterocycles. The van der Waals surface area contributed by atoms with Crippen molar-refractivity contribution in [2.24, 2.45) is 17.6 Å². The van der Waals surface area contributed by atoms with Crippen LogP contribution in [0.3, 0.4) is 0 Å². The van der Waals surface area contributed by atoms with Gasteiger partial charge in [0.05, 0.1) is 13.1 Å². The SMILES string of the molecule is CC(C)[C@H](NC(=O)[C@@H](NC(=O)CNC(=O)CN)C(C)C)C(=O)O. The minimum absolute atomic E-state index is 0.240. The first-order chi connectivity index (χ1) is 10.6. The highest BCUT2D eigenvalue weighted by Crippen LogP contribution is 2.06. The summed E-state index contributed by atoms with van der Waals surface area (Å²) in [5.41, 5.74) is 5.10. The van der Waals surface area contributed by atoms with Crippen LogP contribution in [0.5, 0.6) is 0 Å². The Morgan fingerprint density at radius 3 is 1.83 bits per heavy atom. The van der Waals surface area contributed by atoms with E-state index in [0.29, 0.717) is 0 Å². The second kappa shape index (κ2) is 9.78. The molecule has 9 nitrogen and oxygen atoms in total. The van der Waals surface area contributed by atoms with Crippen molar-refractivity contribution in [1.29, 1.82) is 0 Å². The fourth-order valence-electron chi connectivity index (χ4n) is 1.77. The maximum atomic E-state index is 12.2. The summed E-state index contributed by atoms with van der Waals surface area (Å²) in [6, 6.07) is -1.95. The summed E-state index contributed by atoms with van der Waals surface area (Å²) in [4.78, 5) is 46.2. The number of carboxylic acid groups (broad SMARTS) is 1. The lowest BCUT2D eigenvalue weighted by Gasteiger charge is -2.25. The fraction of sp³-hybridized carbons (Fsp3) is 0.714. The summed E-state index contributed by atoms with van der Waals surface area (Å²) in [5, 5.41) is 16.3. The number of carbonyl (C=O) groups is 4. The first-order valence-corrected chi connectivity index (χ1v) is 7.39. The number of hydrogen-bond donors (Lipinski definition) is 5. The van der Waals surface area contributed by atoms with Crippen molar-refractivity contribution in [2.45, 2.75) is 39.8 Å². The molecule has 0 saturated carbocycles. The van der Waals surface area contributed by atoms with E-state index < -0.39 is 35.8 Å². The van der Waals surface area contributed by atoms with Crippen molar-refractivity contribution in [3.05, 3.63) is 0 Å². The van der Waals surface area contributed by atoms with Crippen LogP contribution in [0.4, 0.5) is 0 Å². The molecule has 0 spiro atoms. The number of carboxylic acids is 1. The molecular weight excluding hydrogens is 304 g/mol. The van der Waals surface area contributed by atoms with Gasteiger partial charge >= 0.3 is 5.97 Å². The Hall–Kier alpha value is -2.16. The van der Waals surface area contributed by atoms with E-state index in [4.69, 9.17) is 10.8 Å². The first kappa shape index (κ1) is 20.8. The van der Waals surface area contributed by atoms with Crippen LogP contribution in [0.2, 0.25) is 0 Å². The highest BCUT2D eigenvalue weighted by molar-refractivity contribution is 5.92. The standard InChI is InChI=1S/C14H26N4O5/c1-7(2)11(17-10(20)6-16-9(19)5-15)13(21)18-12(8(3)4)14(22)23/h7-8,11-12H,5-6,15H2,1-4H3,(H,16,19)(H,17,20)(H,18,21)(H,22,23)/t11-,12-/m0/s1. The zero-order valence-corrected chi connectivity index (χ0v) is 13.9. The lowest BCUT2D eigenvalue weighted by Crippen LogP contribution is -2.56. The molecule has 0 aromatic rings. The van der Waals surface area contributed by atoms with Gasteiger partial charge in [0, 0.05) is 0 Å². The number of nitrogens with one attached hydrogen (secondary N) is 3. The summed E-state index contributed by atoms with van der Waals surface area (Å²) < 4.78 is 0. The van der Waals surface area contributed by atoms with Crippen molar-refractivity contribution in [3.8, 4) is 0 Å². The van der Waals surface area contributed by atoms with Crippen LogP contribution in [-0.2, 0) is 19.2 Å². The molecule has 0 saturated heterocycles. The van der Waals surface area contributed by atoms with Gasteiger partial charge in [-0.2, -0.15) is 0 Å². The molecule has 132 valence electrons. The van der Waals surface area contributed by atoms with E-state index in [1.807, 2.05) is 0 Å². The van der Waals surface area contributed by atoms with Crippen LogP contribution in [0.25, 0.3) is 0 Å². The molecule has 9 heteroatoms. The van der Waals surface area contributed by atoms with E-state index >= 15 is 0 Å². The fourth-order valence-corrected chi connectivity index (χ4v) is 1.77. The van der Waals surface area contributed by atoms with Gasteiger partial charge in [0.25, 0.3) is 0 Å². The van der Waals surface area contributed by atoms with Crippen molar-refractivity contribution >= 4 is 23.7 Å². The third kappa shape index (κ3) is 7.59. The van der Waals surface area contributed by atoms with Crippen molar-refractivity contribution < 1.29 is 24.3 Å². The maximum absolute atomic E-state index is 12.2. The van der Waals surface area contributed by atoms with Crippen LogP contribution in [0.1, 0.15) is 27.7 Å². The monoisotopic (exact) mass is 330 g/mol. The van der Waals surface area contributed by atoms with Crippen LogP contribution in [0, 0.1) is 11.8 Å². The van der Waals surface area contributed by atoms with Gasteiger partial charge in [-0.1, -0.05) is 27.7 Å². The number of carbonyl (C=O) groups excluding carboxylic acids is 3. The Labute approximate surface area is 135 Å². The number of aliphatic carboxylic acids is 1. The minimum Gasteiger partial charge on any atom is -0.480 e. The number of amides is 3. The molecule has 0 aliphatic heterocycles. The van der Waals surface area contributed by atoms with Crippen molar-refractivity contribution in [2.75, 3.05) is 13.1 Å². The Balaban J connectivity index is 4.78. The molecule has 2 atom stereocenters. The van der Waals surface area contributed by atoms with E-state index in [1.54, 1.807) is 27.7 Å². The normalized spacial score (nSPS) is 13.3. The molecular formula is C14H26N4O5. The zero-order chi connectivity index (χ0) is 18.2. The number of nitrogens with two attached hydrogens (primary N) is 1. The van der Waals surface area contributed by atoms with E-state index in [2.05, 4.69) is 16.0 Å². The smallest absolute Gasteiger partial charge is 0.326 e. The van der Waals surface area contributed by atoms with Crippen LogP contribution in [0.15, 0.2) is 0 Å². The Morgan fingerprint density at radius 2 is 1.43 bits per heavy atom. The van der Waals surface area contributed by atoms with Gasteiger partial charge in [-0.25, -0.2) is 4.79 Å². The van der Waals surface area contributed by atoms with Gasteiger partial charge in [0.1, 0.15) is 12.1 Å². The molecule has 0 aliphatic carbocycles. The third-order valence-electron chi connectivity index (χ3n) is 3.13. The van der Waals surface area contributed by atoms with Gasteiger partial charge < -0.3 is 26.8 Å². The van der Waals surface area contributed by atoms with E-state index in [1.165, 1.54) is 0 Å². The molecule has 0 fully saturated rings. The van der Waals surface area contributed by atoms with Crippen LogP contribution >= 0.6 is 0 Å². The van der Waals surface area contributed by atoms with E-state index in [9.17, 15) is 19.2 Å². The molecule has 0 unspecified atom stereocenters. The highest BCUT2D eigenvalue weighted by Gasteiger charge is 2.30. The quantitative estimate of drug-likeness (QED) is 0.344. The number of hydrogen-bond acceptors (Lipinski definition) is 5. The van der Waals surface area contributed by atoms with Gasteiger partial charge in [0.2, 0.25) is 17.7 Å². The van der Waals surface area contributed by atoms with Gasteiger partial charge in [-0.15, -0.1) is 0 Å². The average Bonchev–Trinajstić information content (AvgIpc) is 2.46. The lowest BCUT2D eigenvalue weighted by atomic mass is 10.0. The molecule has 0 bridgehead atoms. The topological polar surface area (TPSA) is 151 Å². The molecule has 0 rings (SSSR count). The molecule has 6 N–H and O–H groups in total. The average molecular weight is 330 g/mol. The Bertz CT molecular complexity index is 450. The van der Waals surface area contributed by atoms with Gasteiger partial charge in [-0.3, -0.25) is 14.4 Å². The van der Waals surface area contributed by atoms with Gasteiger partial charge in [-0.05, 0) is 11.8 Å². The van der Waals surface area contributed by atoms with Crippen molar-refractivity contribution in [1.82, 2.24) is 16.0 Å². The molecule has 23 heavy (non-hydrogen) atoms. The summed E-state index contributed by atoms with van der Waals surface area (Å²) in [6.07, 6.45) is 0. The summed E-state index contributed by atoms with van der Waals surface area (Å²) in [7, 11) is 0. The molecule has 3 amide bonds. The predicted octanol–water partition coefficient (Wildman–Crippen LogP) is -1.57. The van der Waals surface area contributed by atoms with Crippen LogP contribution in [-0.4, -0.2) is 54.0 Å². The molecule has 0 radical (unpaired) electrons. The number of rotatable bonds is 9. The summed E-state index contributed by atoms with van der Waals surface area (Å²) >= 11 is 0. The zero-order valence-electron chi connectivity index (χ0n) is 13.9. The Morgan fingerprint density at radius 1 is 0.913 bits per heavy atom. The molecule has 0 aromatic carbocycles. The Kier molecular flexibility index (Phi) is 8.86. The highest BCUT2D eigenvalue weighted by atomic mass is 16.4. The largest absolute Gasteiger partial charge is 0.480 e. The predicted molar refractivity (Wildman–Crippen MR) is 83.2 cm³/mol. The third-order valence-corrected chi connectivity index (χ3v) is 3.13. The minimum atomic E-state index is -1.14. The van der Waals surface area contributed by atoms with Gasteiger partial charge in [0.15, 0.2) is 0 Å². The lowest BCUT2D eigenvalue weighted by molar-refractivity contribution is -0.143. The second-order valence-electron chi connectivity index (χ2n) is 5.84.